The van der Waals surface area contributed by atoms with Crippen LogP contribution in [0.4, 0.5) is 14.6 Å². The van der Waals surface area contributed by atoms with Crippen molar-refractivity contribution < 1.29 is 38.1 Å². The lowest BCUT2D eigenvalue weighted by molar-refractivity contribution is -0.132. The van der Waals surface area contributed by atoms with Gasteiger partial charge in [-0.1, -0.05) is 63.9 Å². The molecule has 3 aromatic heterocycles. The predicted molar refractivity (Wildman–Crippen MR) is 289 cm³/mol. The van der Waals surface area contributed by atoms with E-state index in [1.807, 2.05) is 24.6 Å². The quantitative estimate of drug-likeness (QED) is 0.0638. The number of ether oxygens (including phenoxy) is 1. The summed E-state index contributed by atoms with van der Waals surface area (Å²) in [6.45, 7) is 16.4. The fourth-order valence-corrected chi connectivity index (χ4v) is 10.6. The minimum atomic E-state index is -0.709. The third kappa shape index (κ3) is 14.3. The van der Waals surface area contributed by atoms with Crippen LogP contribution in [-0.4, -0.2) is 136 Å². The van der Waals surface area contributed by atoms with Gasteiger partial charge in [0.05, 0.1) is 33.1 Å². The number of hydrogen-bond donors (Lipinski definition) is 5. The van der Waals surface area contributed by atoms with Crippen LogP contribution in [0.25, 0.3) is 43.4 Å². The van der Waals surface area contributed by atoms with E-state index in [4.69, 9.17) is 20.9 Å². The van der Waals surface area contributed by atoms with Gasteiger partial charge in [0.25, 0.3) is 0 Å². The molecular formula is C56H68F2N10O6S. The van der Waals surface area contributed by atoms with Crippen molar-refractivity contribution in [2.24, 2.45) is 5.41 Å². The first-order valence-corrected chi connectivity index (χ1v) is 26.3. The number of phenolic OH excluding ortho intramolecular Hbond substituents is 1. The van der Waals surface area contributed by atoms with Crippen molar-refractivity contribution in [2.75, 3.05) is 57.8 Å². The zero-order valence-corrected chi connectivity index (χ0v) is 44.4. The number of hydrogen-bond acceptors (Lipinski definition) is 14. The number of anilines is 1. The number of piperazine rings is 1. The summed E-state index contributed by atoms with van der Waals surface area (Å²) in [7, 11) is 1.56. The van der Waals surface area contributed by atoms with E-state index < -0.39 is 11.6 Å². The highest BCUT2D eigenvalue weighted by Crippen LogP contribution is 2.40. The van der Waals surface area contributed by atoms with Crippen molar-refractivity contribution in [3.63, 3.8) is 0 Å². The number of aliphatic hydroxyl groups excluding tert-OH is 1. The average Bonchev–Trinajstić information content (AvgIpc) is 4.14. The summed E-state index contributed by atoms with van der Waals surface area (Å²) in [5.41, 5.74) is 5.37. The Balaban J connectivity index is 0.000000202. The average molecular weight is 1050 g/mol. The molecule has 10 rings (SSSR count). The number of thiazole rings is 1. The van der Waals surface area contributed by atoms with Crippen LogP contribution in [0.15, 0.2) is 60.2 Å². The van der Waals surface area contributed by atoms with E-state index in [1.165, 1.54) is 34.7 Å². The number of phenols is 1. The molecule has 4 aliphatic rings. The minimum Gasteiger partial charge on any atom is -0.508 e. The number of aromatic hydroxyl groups is 1. The highest BCUT2D eigenvalue weighted by molar-refractivity contribution is 7.13. The van der Waals surface area contributed by atoms with Gasteiger partial charge >= 0.3 is 6.01 Å². The number of nitrogens with zero attached hydrogens (tertiary/aromatic N) is 7. The number of β-amino-alcohol motifs (C(OH)–C–C–N with tert-alkyl or cyclic N) is 1. The van der Waals surface area contributed by atoms with Gasteiger partial charge < -0.3 is 45.6 Å². The molecule has 19 heteroatoms. The van der Waals surface area contributed by atoms with Crippen molar-refractivity contribution in [3.05, 3.63) is 88.7 Å². The molecule has 0 aliphatic carbocycles. The summed E-state index contributed by atoms with van der Waals surface area (Å²) < 4.78 is 37.7. The molecule has 5 N–H and O–H groups in total. The molecule has 2 bridgehead atoms. The number of benzene rings is 3. The SMILES string of the molecule is C#Cc1c(F)ccc2cc(O)cc(-c3ncc4c(N5CC6CCC(C5)N6)nc(OC5CCN(CC)CC5)nc4c3F)c12.CC(C)(C)CC(=O)N1CC[C@@H](O)C1.CNC=O.Cc1ncsc1-c1ccc(CNC=O)cc1. The fraction of sp³-hybridized carbons (Fsp3) is 0.446. The summed E-state index contributed by atoms with van der Waals surface area (Å²) in [4.78, 5) is 56.5. The van der Waals surface area contributed by atoms with Crippen molar-refractivity contribution in [3.8, 4) is 45.8 Å². The Morgan fingerprint density at radius 2 is 1.68 bits per heavy atom. The van der Waals surface area contributed by atoms with Crippen molar-refractivity contribution >= 4 is 57.6 Å². The minimum absolute atomic E-state index is 0.0223. The summed E-state index contributed by atoms with van der Waals surface area (Å²) >= 11 is 1.64. The number of amides is 3. The van der Waals surface area contributed by atoms with E-state index in [0.717, 1.165) is 82.6 Å². The first-order valence-electron chi connectivity index (χ1n) is 25.4. The third-order valence-electron chi connectivity index (χ3n) is 13.5. The van der Waals surface area contributed by atoms with Gasteiger partial charge in [-0.3, -0.25) is 19.4 Å². The lowest BCUT2D eigenvalue weighted by Gasteiger charge is -2.34. The van der Waals surface area contributed by atoms with Crippen molar-refractivity contribution in [1.82, 2.24) is 45.7 Å². The van der Waals surface area contributed by atoms with E-state index in [2.05, 4.69) is 86.5 Å². The van der Waals surface area contributed by atoms with Crippen LogP contribution < -0.4 is 25.6 Å². The standard InChI is InChI=1S/C32H32F2N6O2.C12H12N2OS.C10H19NO2.C2H5NO/c1-3-23-26(33)8-5-18-13-21(41)14-24(27(18)23)29-28(34)30-25(15-35-29)31(40-16-19-6-7-20(17-40)36-19)38-32(37-30)42-22-9-11-39(4-2)12-10-22;1-9-12(16-8-14-9)11-4-2-10(3-5-11)6-13-7-15;1-10(2,3)6-9(13)11-5-4-8(12)7-11;1-3-2-4/h1,5,8,13-15,19-20,22,36,41H,4,6-7,9-12,16-17H2,2H3;2-5,7-8H,6H2,1H3,(H,13,15);8,12H,4-7H2,1-3H3;2H,1H3,(H,3,4)/t;;8-;/m..1./s1. The number of likely N-dealkylation sites (tertiary alicyclic amines) is 2. The van der Waals surface area contributed by atoms with Crippen LogP contribution in [0.3, 0.4) is 0 Å². The lowest BCUT2D eigenvalue weighted by atomic mass is 9.92. The number of piperidine rings is 1. The highest BCUT2D eigenvalue weighted by Gasteiger charge is 2.35. The second kappa shape index (κ2) is 25.6. The Morgan fingerprint density at radius 3 is 2.27 bits per heavy atom. The first kappa shape index (κ1) is 55.9. The van der Waals surface area contributed by atoms with Crippen LogP contribution in [-0.2, 0) is 20.9 Å². The van der Waals surface area contributed by atoms with Gasteiger partial charge in [-0.25, -0.2) is 13.8 Å². The summed E-state index contributed by atoms with van der Waals surface area (Å²) in [5, 5.41) is 29.5. The van der Waals surface area contributed by atoms with Gasteiger partial charge in [0.1, 0.15) is 34.7 Å². The molecule has 3 amide bonds. The maximum Gasteiger partial charge on any atom is 0.319 e. The Kier molecular flexibility index (Phi) is 19.1. The van der Waals surface area contributed by atoms with Crippen LogP contribution in [0.2, 0.25) is 0 Å². The van der Waals surface area contributed by atoms with Gasteiger partial charge in [0.2, 0.25) is 18.7 Å². The molecule has 3 aromatic carbocycles. The molecule has 6 aromatic rings. The lowest BCUT2D eigenvalue weighted by Crippen LogP contribution is -2.51. The monoisotopic (exact) mass is 1050 g/mol. The predicted octanol–water partition coefficient (Wildman–Crippen LogP) is 7.36. The Hall–Kier alpha value is -6.85. The zero-order valence-electron chi connectivity index (χ0n) is 43.5. The molecule has 3 atom stereocenters. The maximum atomic E-state index is 16.6. The van der Waals surface area contributed by atoms with Gasteiger partial charge in [0.15, 0.2) is 5.82 Å². The van der Waals surface area contributed by atoms with Crippen LogP contribution in [0.5, 0.6) is 11.8 Å². The number of aromatic nitrogens is 4. The van der Waals surface area contributed by atoms with Crippen LogP contribution in [0, 0.1) is 36.3 Å². The second-order valence-electron chi connectivity index (χ2n) is 20.4. The van der Waals surface area contributed by atoms with Gasteiger partial charge in [0, 0.05) is 88.5 Å². The molecule has 4 aliphatic heterocycles. The van der Waals surface area contributed by atoms with Crippen molar-refractivity contribution in [1.29, 1.82) is 0 Å². The molecule has 16 nitrogen and oxygen atoms in total. The summed E-state index contributed by atoms with van der Waals surface area (Å²) in [6.07, 6.45) is 13.3. The topological polar surface area (TPSA) is 198 Å². The number of fused-ring (bicyclic) bond motifs is 4. The van der Waals surface area contributed by atoms with E-state index in [1.54, 1.807) is 29.5 Å². The molecule has 0 spiro atoms. The largest absolute Gasteiger partial charge is 0.508 e. The second-order valence-corrected chi connectivity index (χ2v) is 21.2. The van der Waals surface area contributed by atoms with E-state index in [9.17, 15) is 24.2 Å². The molecule has 2 unspecified atom stereocenters. The smallest absolute Gasteiger partial charge is 0.319 e. The molecule has 4 fully saturated rings. The molecule has 398 valence electrons. The molecule has 4 saturated heterocycles. The van der Waals surface area contributed by atoms with Gasteiger partial charge in [-0.05, 0) is 85.7 Å². The van der Waals surface area contributed by atoms with Crippen molar-refractivity contribution in [2.45, 2.75) is 104 Å². The Bertz CT molecular complexity index is 2960. The molecule has 0 radical (unpaired) electrons. The number of aryl methyl sites for hydroxylation is 1. The number of carbonyl (C=O) groups excluding carboxylic acids is 3. The number of carbonyl (C=O) groups is 3. The highest BCUT2D eigenvalue weighted by atomic mass is 32.1. The Labute approximate surface area is 441 Å². The third-order valence-corrected chi connectivity index (χ3v) is 14.5. The molecular weight excluding hydrogens is 979 g/mol. The van der Waals surface area contributed by atoms with Gasteiger partial charge in [-0.2, -0.15) is 9.97 Å². The normalized spacial score (nSPS) is 18.4. The van der Waals surface area contributed by atoms with E-state index in [-0.39, 0.29) is 57.6 Å². The first-order chi connectivity index (χ1) is 36.0. The summed E-state index contributed by atoms with van der Waals surface area (Å²) in [5.74, 6) is 1.71. The number of pyridine rings is 1. The number of halogens is 2. The summed E-state index contributed by atoms with van der Waals surface area (Å²) in [6, 6.07) is 14.5. The van der Waals surface area contributed by atoms with Crippen LogP contribution >= 0.6 is 11.3 Å². The fourth-order valence-electron chi connectivity index (χ4n) is 9.76. The van der Waals surface area contributed by atoms with E-state index in [0.29, 0.717) is 66.4 Å². The molecule has 7 heterocycles. The number of terminal acetylenes is 1. The number of nitrogens with one attached hydrogen (secondary N) is 3. The molecule has 0 saturated carbocycles. The number of rotatable bonds is 11. The zero-order chi connectivity index (χ0) is 53.8. The maximum absolute atomic E-state index is 16.6. The molecule has 75 heavy (non-hydrogen) atoms. The number of aliphatic hydroxyl groups is 1. The van der Waals surface area contributed by atoms with Gasteiger partial charge in [-0.15, -0.1) is 17.8 Å². The Morgan fingerprint density at radius 1 is 0.973 bits per heavy atom. The van der Waals surface area contributed by atoms with E-state index >= 15 is 4.39 Å². The van der Waals surface area contributed by atoms with Crippen LogP contribution in [0.1, 0.15) is 83.0 Å².